The maximum absolute atomic E-state index is 11.1. The Morgan fingerprint density at radius 1 is 0.875 bits per heavy atom. The van der Waals surface area contributed by atoms with E-state index in [0.29, 0.717) is 12.8 Å². The third-order valence-corrected chi connectivity index (χ3v) is 3.81. The normalized spacial score (nSPS) is 11.4. The molecule has 0 bridgehead atoms. The van der Waals surface area contributed by atoms with E-state index in [1.807, 2.05) is 13.8 Å². The van der Waals surface area contributed by atoms with Crippen LogP contribution in [0.3, 0.4) is 0 Å². The van der Waals surface area contributed by atoms with Crippen LogP contribution in [0, 0.1) is 0 Å². The van der Waals surface area contributed by atoms with Crippen LogP contribution in [-0.2, 0) is 18.4 Å². The molecule has 4 nitrogen and oxygen atoms in total. The first-order valence-corrected chi connectivity index (χ1v) is 9.17. The average Bonchev–Trinajstić information content (AvgIpc) is 2.29. The number of unbranched alkanes of at least 4 members (excludes halogenated alkanes) is 1. The summed E-state index contributed by atoms with van der Waals surface area (Å²) in [5.74, 6) is -0.213. The van der Waals surface area contributed by atoms with Gasteiger partial charge < -0.3 is 8.85 Å². The van der Waals surface area contributed by atoms with Crippen molar-refractivity contribution in [3.63, 3.8) is 0 Å². The summed E-state index contributed by atoms with van der Waals surface area (Å²) in [6.07, 6.45) is 2.32. The van der Waals surface area contributed by atoms with E-state index in [4.69, 9.17) is 8.85 Å². The van der Waals surface area contributed by atoms with Gasteiger partial charge in [-0.25, -0.2) is 0 Å². The predicted octanol–water partition coefficient (Wildman–Crippen LogP) is 0.677. The van der Waals surface area contributed by atoms with Crippen LogP contribution in [0.1, 0.15) is 39.5 Å². The second-order valence-electron chi connectivity index (χ2n) is 3.65. The van der Waals surface area contributed by atoms with Gasteiger partial charge in [-0.1, -0.05) is 13.8 Å². The lowest BCUT2D eigenvalue weighted by Crippen LogP contribution is -2.09. The standard InChI is InChI=1S/C10H22O4Si2/c1-3-15-13-9(11)7-5-6-8-10(12)14-16-4-2/h3-8,15-16H2,1-2H3. The number of hydrogen-bond donors (Lipinski definition) is 0. The number of carbonyl (C=O) groups excluding carboxylic acids is 2. The lowest BCUT2D eigenvalue weighted by molar-refractivity contribution is -0.136. The van der Waals surface area contributed by atoms with Crippen LogP contribution in [0.2, 0.25) is 12.1 Å². The van der Waals surface area contributed by atoms with Crippen molar-refractivity contribution in [3.8, 4) is 0 Å². The van der Waals surface area contributed by atoms with Crippen molar-refractivity contribution in [2.45, 2.75) is 51.6 Å². The summed E-state index contributed by atoms with van der Waals surface area (Å²) in [7, 11) is -1.25. The molecule has 0 heterocycles. The Morgan fingerprint density at radius 2 is 1.25 bits per heavy atom. The van der Waals surface area contributed by atoms with Crippen LogP contribution in [0.15, 0.2) is 0 Å². The Labute approximate surface area is 102 Å². The molecule has 0 aliphatic heterocycles. The highest BCUT2D eigenvalue weighted by atomic mass is 28.2. The maximum atomic E-state index is 11.1. The molecule has 0 saturated heterocycles. The summed E-state index contributed by atoms with van der Waals surface area (Å²) in [6.45, 7) is 4.04. The lowest BCUT2D eigenvalue weighted by atomic mass is 10.2. The van der Waals surface area contributed by atoms with Crippen molar-refractivity contribution in [3.05, 3.63) is 0 Å². The SMILES string of the molecule is CC[SiH2]OC(=O)CCCCC(=O)O[SiH2]CC. The Hall–Kier alpha value is -0.626. The topological polar surface area (TPSA) is 52.6 Å². The van der Waals surface area contributed by atoms with Gasteiger partial charge >= 0.3 is 0 Å². The summed E-state index contributed by atoms with van der Waals surface area (Å²) in [6, 6.07) is 1.97. The van der Waals surface area contributed by atoms with Crippen molar-refractivity contribution in [2.75, 3.05) is 0 Å². The van der Waals surface area contributed by atoms with Gasteiger partial charge in [0.1, 0.15) is 0 Å². The molecule has 0 fully saturated rings. The summed E-state index contributed by atoms with van der Waals surface area (Å²) >= 11 is 0. The van der Waals surface area contributed by atoms with Crippen LogP contribution in [0.4, 0.5) is 0 Å². The summed E-state index contributed by atoms with van der Waals surface area (Å²) in [5, 5.41) is 0. The van der Waals surface area contributed by atoms with Crippen LogP contribution in [0.5, 0.6) is 0 Å². The molecule has 0 aromatic heterocycles. The Bertz CT molecular complexity index is 187. The number of rotatable bonds is 9. The van der Waals surface area contributed by atoms with Gasteiger partial charge in [0.25, 0.3) is 11.9 Å². The third-order valence-electron chi connectivity index (χ3n) is 1.95. The molecule has 0 amide bonds. The summed E-state index contributed by atoms with van der Waals surface area (Å²) < 4.78 is 10.1. The second-order valence-corrected chi connectivity index (χ2v) is 7.04. The molecule has 0 radical (unpaired) electrons. The molecule has 0 rings (SSSR count). The lowest BCUT2D eigenvalue weighted by Gasteiger charge is -2.04. The molecule has 0 aromatic rings. The van der Waals surface area contributed by atoms with Gasteiger partial charge in [0.2, 0.25) is 19.5 Å². The first-order valence-electron chi connectivity index (χ1n) is 6.02. The highest BCUT2D eigenvalue weighted by Gasteiger charge is 2.04. The van der Waals surface area contributed by atoms with E-state index in [-0.39, 0.29) is 11.9 Å². The van der Waals surface area contributed by atoms with Crippen LogP contribution in [0.25, 0.3) is 0 Å². The Balaban J connectivity index is 3.31. The molecule has 0 atom stereocenters. The van der Waals surface area contributed by atoms with Crippen LogP contribution in [-0.4, -0.2) is 31.5 Å². The molecular weight excluding hydrogens is 240 g/mol. The molecule has 0 saturated carbocycles. The molecular formula is C10H22O4Si2. The fraction of sp³-hybridized carbons (Fsp3) is 0.800. The zero-order valence-corrected chi connectivity index (χ0v) is 13.1. The first-order chi connectivity index (χ1) is 7.70. The first kappa shape index (κ1) is 15.4. The highest BCUT2D eigenvalue weighted by molar-refractivity contribution is 6.30. The van der Waals surface area contributed by atoms with Gasteiger partial charge in [0, 0.05) is 12.8 Å². The molecule has 0 aliphatic carbocycles. The minimum absolute atomic E-state index is 0.107. The van der Waals surface area contributed by atoms with Crippen molar-refractivity contribution in [1.82, 2.24) is 0 Å². The molecule has 16 heavy (non-hydrogen) atoms. The van der Waals surface area contributed by atoms with Crippen LogP contribution < -0.4 is 0 Å². The van der Waals surface area contributed by atoms with Gasteiger partial charge in [-0.05, 0) is 24.9 Å². The molecule has 0 N–H and O–H groups in total. The average molecular weight is 262 g/mol. The fourth-order valence-corrected chi connectivity index (χ4v) is 2.27. The van der Waals surface area contributed by atoms with Crippen molar-refractivity contribution in [1.29, 1.82) is 0 Å². The smallest absolute Gasteiger partial charge is 0.292 e. The largest absolute Gasteiger partial charge is 0.525 e. The van der Waals surface area contributed by atoms with Crippen LogP contribution >= 0.6 is 0 Å². The number of hydrogen-bond acceptors (Lipinski definition) is 4. The van der Waals surface area contributed by atoms with Crippen molar-refractivity contribution < 1.29 is 18.4 Å². The molecule has 0 spiro atoms. The molecule has 0 aromatic carbocycles. The van der Waals surface area contributed by atoms with Crippen molar-refractivity contribution in [2.24, 2.45) is 0 Å². The fourth-order valence-electron chi connectivity index (χ4n) is 1.11. The van der Waals surface area contributed by atoms with Gasteiger partial charge in [-0.3, -0.25) is 9.59 Å². The van der Waals surface area contributed by atoms with E-state index in [0.717, 1.165) is 24.9 Å². The molecule has 94 valence electrons. The van der Waals surface area contributed by atoms with Crippen molar-refractivity contribution >= 4 is 31.5 Å². The second kappa shape index (κ2) is 10.9. The van der Waals surface area contributed by atoms with E-state index in [1.54, 1.807) is 0 Å². The maximum Gasteiger partial charge on any atom is 0.292 e. The summed E-state index contributed by atoms with van der Waals surface area (Å²) in [5.41, 5.74) is 0. The van der Waals surface area contributed by atoms with E-state index >= 15 is 0 Å². The molecule has 6 heteroatoms. The molecule has 0 unspecified atom stereocenters. The summed E-state index contributed by atoms with van der Waals surface area (Å²) in [4.78, 5) is 22.2. The van der Waals surface area contributed by atoms with E-state index < -0.39 is 19.5 Å². The van der Waals surface area contributed by atoms with Gasteiger partial charge in [0.15, 0.2) is 0 Å². The van der Waals surface area contributed by atoms with Gasteiger partial charge in [-0.2, -0.15) is 0 Å². The van der Waals surface area contributed by atoms with E-state index in [2.05, 4.69) is 0 Å². The molecule has 0 aliphatic rings. The minimum atomic E-state index is -0.623. The quantitative estimate of drug-likeness (QED) is 0.453. The Kier molecular flexibility index (Phi) is 10.5. The van der Waals surface area contributed by atoms with E-state index in [9.17, 15) is 9.59 Å². The zero-order chi connectivity index (χ0) is 12.2. The highest BCUT2D eigenvalue weighted by Crippen LogP contribution is 2.02. The Morgan fingerprint density at radius 3 is 1.56 bits per heavy atom. The number of carbonyl (C=O) groups is 2. The van der Waals surface area contributed by atoms with E-state index in [1.165, 1.54) is 0 Å². The zero-order valence-electron chi connectivity index (χ0n) is 10.3. The van der Waals surface area contributed by atoms with Gasteiger partial charge in [-0.15, -0.1) is 0 Å². The minimum Gasteiger partial charge on any atom is -0.525 e. The predicted molar refractivity (Wildman–Crippen MR) is 68.7 cm³/mol. The monoisotopic (exact) mass is 262 g/mol. The third kappa shape index (κ3) is 9.91. The van der Waals surface area contributed by atoms with Gasteiger partial charge in [0.05, 0.1) is 0 Å².